The molecule has 46 valence electrons. The van der Waals surface area contributed by atoms with Gasteiger partial charge in [0.25, 0.3) is 0 Å². The molecule has 0 spiro atoms. The van der Waals surface area contributed by atoms with Crippen LogP contribution in [0, 0.1) is 5.41 Å². The van der Waals surface area contributed by atoms with E-state index in [0.717, 1.165) is 0 Å². The average molecular weight is 131 g/mol. The van der Waals surface area contributed by atoms with Crippen LogP contribution in [0.2, 0.25) is 0 Å². The van der Waals surface area contributed by atoms with Gasteiger partial charge in [0, 0.05) is 7.05 Å². The lowest BCUT2D eigenvalue weighted by molar-refractivity contribution is 0.746. The fraction of sp³-hybridized carbons (Fsp3) is 0.500. The summed E-state index contributed by atoms with van der Waals surface area (Å²) in [6.45, 7) is 1.62. The number of amidine groups is 1. The van der Waals surface area contributed by atoms with E-state index in [4.69, 9.17) is 11.1 Å². The molecule has 0 bridgehead atoms. The fourth-order valence-electron chi connectivity index (χ4n) is 0.165. The summed E-state index contributed by atoms with van der Waals surface area (Å²) in [6, 6.07) is 0. The van der Waals surface area contributed by atoms with Crippen LogP contribution in [-0.4, -0.2) is 22.9 Å². The Morgan fingerprint density at radius 2 is 2.12 bits per heavy atom. The van der Waals surface area contributed by atoms with E-state index in [2.05, 4.69) is 12.2 Å². The molecule has 4 heteroatoms. The van der Waals surface area contributed by atoms with Gasteiger partial charge in [0.1, 0.15) is 0 Å². The zero-order valence-corrected chi connectivity index (χ0v) is 5.75. The Balaban J connectivity index is 3.83. The molecular weight excluding hydrogens is 122 g/mol. The van der Waals surface area contributed by atoms with E-state index in [-0.39, 0.29) is 5.11 Å². The Morgan fingerprint density at radius 3 is 2.12 bits per heavy atom. The molecule has 0 aliphatic heterocycles. The molecule has 0 amide bonds. The van der Waals surface area contributed by atoms with Crippen molar-refractivity contribution in [3.05, 3.63) is 0 Å². The highest BCUT2D eigenvalue weighted by Gasteiger charge is 1.97. The summed E-state index contributed by atoms with van der Waals surface area (Å²) in [6.07, 6.45) is 0. The standard InChI is InChI=1S/C4H9N3S/c1-3(5)7(2)4(6)8/h5H,1-2H3,(H2,6,8). The summed E-state index contributed by atoms with van der Waals surface area (Å²) < 4.78 is 0. The maximum atomic E-state index is 6.99. The molecule has 0 aliphatic rings. The minimum Gasteiger partial charge on any atom is -0.376 e. The van der Waals surface area contributed by atoms with E-state index in [1.54, 1.807) is 14.0 Å². The van der Waals surface area contributed by atoms with Crippen LogP contribution in [0.5, 0.6) is 0 Å². The summed E-state index contributed by atoms with van der Waals surface area (Å²) in [4.78, 5) is 1.43. The van der Waals surface area contributed by atoms with Gasteiger partial charge in [-0.15, -0.1) is 0 Å². The van der Waals surface area contributed by atoms with Crippen LogP contribution >= 0.6 is 12.2 Å². The second-order valence-corrected chi connectivity index (χ2v) is 1.90. The van der Waals surface area contributed by atoms with Crippen LogP contribution in [0.25, 0.3) is 0 Å². The van der Waals surface area contributed by atoms with Crippen LogP contribution in [0.15, 0.2) is 0 Å². The first-order valence-electron chi connectivity index (χ1n) is 2.14. The number of rotatable bonds is 0. The second-order valence-electron chi connectivity index (χ2n) is 1.48. The van der Waals surface area contributed by atoms with Gasteiger partial charge in [-0.1, -0.05) is 0 Å². The Morgan fingerprint density at radius 1 is 1.75 bits per heavy atom. The van der Waals surface area contributed by atoms with Crippen molar-refractivity contribution in [3.63, 3.8) is 0 Å². The van der Waals surface area contributed by atoms with Crippen LogP contribution in [-0.2, 0) is 0 Å². The maximum Gasteiger partial charge on any atom is 0.171 e. The molecule has 3 N–H and O–H groups in total. The van der Waals surface area contributed by atoms with Crippen molar-refractivity contribution in [3.8, 4) is 0 Å². The molecule has 0 aliphatic carbocycles. The molecule has 0 unspecified atom stereocenters. The molecule has 0 atom stereocenters. The van der Waals surface area contributed by atoms with Crippen LogP contribution in [0.3, 0.4) is 0 Å². The summed E-state index contributed by atoms with van der Waals surface area (Å²) in [5, 5.41) is 7.22. The lowest BCUT2D eigenvalue weighted by Gasteiger charge is -2.13. The summed E-state index contributed by atoms with van der Waals surface area (Å²) in [5.41, 5.74) is 5.15. The van der Waals surface area contributed by atoms with Crippen molar-refractivity contribution >= 4 is 23.2 Å². The van der Waals surface area contributed by atoms with Crippen molar-refractivity contribution in [2.24, 2.45) is 5.73 Å². The first kappa shape index (κ1) is 7.36. The smallest absolute Gasteiger partial charge is 0.171 e. The molecular formula is C4H9N3S. The number of nitrogens with two attached hydrogens (primary N) is 1. The van der Waals surface area contributed by atoms with E-state index in [1.807, 2.05) is 0 Å². The summed E-state index contributed by atoms with van der Waals surface area (Å²) in [7, 11) is 1.66. The van der Waals surface area contributed by atoms with E-state index in [0.29, 0.717) is 5.84 Å². The zero-order valence-electron chi connectivity index (χ0n) is 4.93. The fourth-order valence-corrected chi connectivity index (χ4v) is 0.302. The Hall–Kier alpha value is -0.640. The van der Waals surface area contributed by atoms with E-state index in [1.165, 1.54) is 4.90 Å². The molecule has 0 aromatic heterocycles. The number of nitrogens with one attached hydrogen (secondary N) is 1. The maximum absolute atomic E-state index is 6.99. The number of hydrogen-bond acceptors (Lipinski definition) is 2. The minimum atomic E-state index is 0.234. The van der Waals surface area contributed by atoms with Gasteiger partial charge in [0.15, 0.2) is 5.11 Å². The van der Waals surface area contributed by atoms with Crippen molar-refractivity contribution in [2.45, 2.75) is 6.92 Å². The van der Waals surface area contributed by atoms with Gasteiger partial charge in [-0.05, 0) is 19.1 Å². The van der Waals surface area contributed by atoms with Gasteiger partial charge in [0.05, 0.1) is 5.84 Å². The lowest BCUT2D eigenvalue weighted by Crippen LogP contribution is -2.34. The van der Waals surface area contributed by atoms with Gasteiger partial charge in [-0.2, -0.15) is 0 Å². The normalized spacial score (nSPS) is 8.25. The predicted octanol–water partition coefficient (Wildman–Crippen LogP) is 0.159. The third-order valence-electron chi connectivity index (χ3n) is 0.834. The Labute approximate surface area is 54.0 Å². The van der Waals surface area contributed by atoms with Crippen LogP contribution < -0.4 is 5.73 Å². The van der Waals surface area contributed by atoms with Crippen molar-refractivity contribution < 1.29 is 0 Å². The lowest BCUT2D eigenvalue weighted by atomic mass is 10.6. The predicted molar refractivity (Wildman–Crippen MR) is 37.9 cm³/mol. The first-order valence-corrected chi connectivity index (χ1v) is 2.55. The highest BCUT2D eigenvalue weighted by Crippen LogP contribution is 1.80. The number of thiocarbonyl (C=S) groups is 1. The van der Waals surface area contributed by atoms with Gasteiger partial charge in [0.2, 0.25) is 0 Å². The van der Waals surface area contributed by atoms with E-state index in [9.17, 15) is 0 Å². The molecule has 8 heavy (non-hydrogen) atoms. The molecule has 0 aromatic carbocycles. The molecule has 0 saturated carbocycles. The van der Waals surface area contributed by atoms with Crippen LogP contribution in [0.4, 0.5) is 0 Å². The van der Waals surface area contributed by atoms with Crippen molar-refractivity contribution in [1.82, 2.24) is 4.90 Å². The molecule has 0 aromatic rings. The van der Waals surface area contributed by atoms with E-state index >= 15 is 0 Å². The highest BCUT2D eigenvalue weighted by molar-refractivity contribution is 7.80. The first-order chi connectivity index (χ1) is 3.55. The van der Waals surface area contributed by atoms with Gasteiger partial charge in [-0.25, -0.2) is 0 Å². The SMILES string of the molecule is CC(=N)N(C)C(N)=S. The molecule has 3 nitrogen and oxygen atoms in total. The van der Waals surface area contributed by atoms with Crippen molar-refractivity contribution in [2.75, 3.05) is 7.05 Å². The molecule has 0 fully saturated rings. The summed E-state index contributed by atoms with van der Waals surface area (Å²) in [5.74, 6) is 0.359. The topological polar surface area (TPSA) is 53.1 Å². The Bertz CT molecular complexity index is 106. The quantitative estimate of drug-likeness (QED) is 0.280. The minimum absolute atomic E-state index is 0.234. The molecule has 0 radical (unpaired) electrons. The Kier molecular flexibility index (Phi) is 2.41. The second kappa shape index (κ2) is 2.61. The van der Waals surface area contributed by atoms with E-state index < -0.39 is 0 Å². The third kappa shape index (κ3) is 1.88. The molecule has 0 heterocycles. The number of hydrogen-bond donors (Lipinski definition) is 2. The van der Waals surface area contributed by atoms with Gasteiger partial charge in [-0.3, -0.25) is 5.41 Å². The third-order valence-corrected chi connectivity index (χ3v) is 1.11. The number of nitrogens with zero attached hydrogens (tertiary/aromatic N) is 1. The zero-order chi connectivity index (χ0) is 6.73. The monoisotopic (exact) mass is 131 g/mol. The molecule has 0 rings (SSSR count). The largest absolute Gasteiger partial charge is 0.376 e. The average Bonchev–Trinajstić information content (AvgIpc) is 1.64. The van der Waals surface area contributed by atoms with Crippen molar-refractivity contribution in [1.29, 1.82) is 5.41 Å². The highest BCUT2D eigenvalue weighted by atomic mass is 32.1. The van der Waals surface area contributed by atoms with Gasteiger partial charge < -0.3 is 10.6 Å². The molecule has 0 saturated heterocycles. The van der Waals surface area contributed by atoms with Gasteiger partial charge >= 0.3 is 0 Å². The summed E-state index contributed by atoms with van der Waals surface area (Å²) >= 11 is 4.56. The van der Waals surface area contributed by atoms with Crippen LogP contribution in [0.1, 0.15) is 6.92 Å².